The minimum atomic E-state index is 0.533. The van der Waals surface area contributed by atoms with Gasteiger partial charge in [0, 0.05) is 30.4 Å². The van der Waals surface area contributed by atoms with E-state index in [9.17, 15) is 0 Å². The third-order valence-electron chi connectivity index (χ3n) is 4.64. The molecule has 146 valence electrons. The number of pyridine rings is 1. The third kappa shape index (κ3) is 4.27. The molecule has 4 aromatic rings. The topological polar surface area (TPSA) is 60.4 Å². The van der Waals surface area contributed by atoms with Crippen LogP contribution in [0.15, 0.2) is 73.1 Å². The molecular formula is C23H22N4O2. The number of aromatic nitrogens is 3. The van der Waals surface area contributed by atoms with Gasteiger partial charge in [-0.3, -0.25) is 4.98 Å². The first kappa shape index (κ1) is 18.7. The summed E-state index contributed by atoms with van der Waals surface area (Å²) in [6, 6.07) is 19.5. The van der Waals surface area contributed by atoms with Gasteiger partial charge in [0.1, 0.15) is 23.9 Å². The van der Waals surface area contributed by atoms with Crippen LogP contribution in [0.3, 0.4) is 0 Å². The van der Waals surface area contributed by atoms with E-state index in [0.29, 0.717) is 19.0 Å². The highest BCUT2D eigenvalue weighted by Gasteiger charge is 2.13. The number of anilines is 1. The Morgan fingerprint density at radius 3 is 2.34 bits per heavy atom. The van der Waals surface area contributed by atoms with Crippen LogP contribution in [0.2, 0.25) is 0 Å². The van der Waals surface area contributed by atoms with Crippen molar-refractivity contribution in [1.29, 1.82) is 0 Å². The Bertz CT molecular complexity index is 1080. The fourth-order valence-corrected chi connectivity index (χ4v) is 3.06. The minimum Gasteiger partial charge on any atom is -0.497 e. The molecule has 0 aliphatic heterocycles. The van der Waals surface area contributed by atoms with Crippen LogP contribution in [0.4, 0.5) is 5.82 Å². The molecule has 0 amide bonds. The van der Waals surface area contributed by atoms with Gasteiger partial charge >= 0.3 is 0 Å². The summed E-state index contributed by atoms with van der Waals surface area (Å²) in [5.41, 5.74) is 1.85. The van der Waals surface area contributed by atoms with Crippen LogP contribution in [-0.4, -0.2) is 42.3 Å². The normalized spacial score (nSPS) is 10.7. The highest BCUT2D eigenvalue weighted by atomic mass is 16.5. The molecule has 0 aliphatic carbocycles. The lowest BCUT2D eigenvalue weighted by atomic mass is 10.2. The molecule has 0 radical (unpaired) electrons. The molecule has 2 heterocycles. The molecule has 6 nitrogen and oxygen atoms in total. The molecule has 0 N–H and O–H groups in total. The van der Waals surface area contributed by atoms with Gasteiger partial charge < -0.3 is 14.4 Å². The van der Waals surface area contributed by atoms with Crippen molar-refractivity contribution in [1.82, 2.24) is 15.0 Å². The number of benzene rings is 2. The second kappa shape index (κ2) is 8.56. The van der Waals surface area contributed by atoms with Crippen LogP contribution in [0, 0.1) is 0 Å². The van der Waals surface area contributed by atoms with Crippen LogP contribution >= 0.6 is 0 Å². The number of likely N-dealkylation sites (N-methyl/N-ethyl adjacent to an activating group) is 1. The second-order valence-corrected chi connectivity index (χ2v) is 6.57. The zero-order valence-electron chi connectivity index (χ0n) is 16.4. The van der Waals surface area contributed by atoms with Crippen LogP contribution in [-0.2, 0) is 0 Å². The lowest BCUT2D eigenvalue weighted by Crippen LogP contribution is -2.25. The molecular weight excluding hydrogens is 364 g/mol. The van der Waals surface area contributed by atoms with E-state index in [1.807, 2.05) is 67.7 Å². The molecule has 0 saturated carbocycles. The Morgan fingerprint density at radius 1 is 0.862 bits per heavy atom. The largest absolute Gasteiger partial charge is 0.497 e. The van der Waals surface area contributed by atoms with Gasteiger partial charge in [0.2, 0.25) is 0 Å². The highest BCUT2D eigenvalue weighted by molar-refractivity contribution is 5.90. The lowest BCUT2D eigenvalue weighted by Gasteiger charge is -2.21. The van der Waals surface area contributed by atoms with E-state index in [1.54, 1.807) is 19.5 Å². The first-order valence-electron chi connectivity index (χ1n) is 9.40. The van der Waals surface area contributed by atoms with E-state index in [4.69, 9.17) is 19.4 Å². The Morgan fingerprint density at radius 2 is 1.59 bits per heavy atom. The number of fused-ring (bicyclic) bond motifs is 1. The van der Waals surface area contributed by atoms with Crippen molar-refractivity contribution < 1.29 is 9.47 Å². The molecule has 0 spiro atoms. The summed E-state index contributed by atoms with van der Waals surface area (Å²) >= 11 is 0. The minimum absolute atomic E-state index is 0.533. The number of nitrogens with zero attached hydrogens (tertiary/aromatic N) is 4. The first-order chi connectivity index (χ1) is 14.2. The van der Waals surface area contributed by atoms with E-state index in [2.05, 4.69) is 9.88 Å². The van der Waals surface area contributed by atoms with Gasteiger partial charge in [-0.2, -0.15) is 0 Å². The Labute approximate surface area is 169 Å². The van der Waals surface area contributed by atoms with Crippen molar-refractivity contribution in [3.05, 3.63) is 73.1 Å². The fraction of sp³-hybridized carbons (Fsp3) is 0.174. The van der Waals surface area contributed by atoms with Crippen molar-refractivity contribution in [3.63, 3.8) is 0 Å². The van der Waals surface area contributed by atoms with E-state index < -0.39 is 0 Å². The second-order valence-electron chi connectivity index (χ2n) is 6.57. The molecule has 6 heteroatoms. The van der Waals surface area contributed by atoms with Gasteiger partial charge in [-0.25, -0.2) is 9.97 Å². The number of hydrogen-bond donors (Lipinski definition) is 0. The molecule has 2 aromatic heterocycles. The van der Waals surface area contributed by atoms with Gasteiger partial charge in [0.25, 0.3) is 0 Å². The highest BCUT2D eigenvalue weighted by Crippen LogP contribution is 2.26. The molecule has 0 atom stereocenters. The van der Waals surface area contributed by atoms with Gasteiger partial charge in [0.05, 0.1) is 19.2 Å². The maximum absolute atomic E-state index is 5.88. The smallest absolute Gasteiger partial charge is 0.162 e. The maximum atomic E-state index is 5.88. The Kier molecular flexibility index (Phi) is 5.52. The van der Waals surface area contributed by atoms with Crippen molar-refractivity contribution in [3.8, 4) is 22.9 Å². The van der Waals surface area contributed by atoms with Gasteiger partial charge in [-0.15, -0.1) is 0 Å². The van der Waals surface area contributed by atoms with Crippen molar-refractivity contribution in [2.45, 2.75) is 0 Å². The van der Waals surface area contributed by atoms with Crippen LogP contribution in [0.5, 0.6) is 11.5 Å². The van der Waals surface area contributed by atoms with E-state index >= 15 is 0 Å². The Balaban J connectivity index is 1.55. The molecule has 4 rings (SSSR count). The third-order valence-corrected chi connectivity index (χ3v) is 4.64. The summed E-state index contributed by atoms with van der Waals surface area (Å²) < 4.78 is 11.1. The molecule has 2 aromatic carbocycles. The van der Waals surface area contributed by atoms with Crippen molar-refractivity contribution >= 4 is 16.7 Å². The maximum Gasteiger partial charge on any atom is 0.162 e. The first-order valence-corrected chi connectivity index (χ1v) is 9.40. The monoisotopic (exact) mass is 386 g/mol. The molecule has 0 fully saturated rings. The van der Waals surface area contributed by atoms with Crippen molar-refractivity contribution in [2.75, 3.05) is 32.2 Å². The summed E-state index contributed by atoms with van der Waals surface area (Å²) in [5.74, 6) is 3.18. The van der Waals surface area contributed by atoms with Crippen molar-refractivity contribution in [2.24, 2.45) is 0 Å². The number of ether oxygens (including phenoxy) is 2. The predicted molar refractivity (Wildman–Crippen MR) is 115 cm³/mol. The molecule has 0 aliphatic rings. The number of rotatable bonds is 7. The average Bonchev–Trinajstić information content (AvgIpc) is 2.79. The standard InChI is InChI=1S/C23H22N4O2/c1-27(15-16-29-19-9-7-18(28-2)8-10-19)23-20-5-3-4-6-21(20)25-22(26-23)17-11-13-24-14-12-17/h3-14H,15-16H2,1-2H3. The van der Waals surface area contributed by atoms with E-state index in [-0.39, 0.29) is 0 Å². The number of hydrogen-bond acceptors (Lipinski definition) is 6. The fourth-order valence-electron chi connectivity index (χ4n) is 3.06. The predicted octanol–water partition coefficient (Wildman–Crippen LogP) is 4.22. The van der Waals surface area contributed by atoms with Gasteiger partial charge in [-0.05, 0) is 48.5 Å². The van der Waals surface area contributed by atoms with Crippen LogP contribution in [0.1, 0.15) is 0 Å². The van der Waals surface area contributed by atoms with Gasteiger partial charge in [-0.1, -0.05) is 12.1 Å². The zero-order chi connectivity index (χ0) is 20.1. The van der Waals surface area contributed by atoms with E-state index in [1.165, 1.54) is 0 Å². The SMILES string of the molecule is COc1ccc(OCCN(C)c2nc(-c3ccncc3)nc3ccccc23)cc1. The van der Waals surface area contributed by atoms with Crippen LogP contribution in [0.25, 0.3) is 22.3 Å². The molecule has 0 bridgehead atoms. The quantitative estimate of drug-likeness (QED) is 0.474. The zero-order valence-corrected chi connectivity index (χ0v) is 16.4. The number of methoxy groups -OCH3 is 1. The summed E-state index contributed by atoms with van der Waals surface area (Å²) in [4.78, 5) is 15.7. The summed E-state index contributed by atoms with van der Waals surface area (Å²) in [6.07, 6.45) is 3.50. The van der Waals surface area contributed by atoms with E-state index in [0.717, 1.165) is 33.8 Å². The summed E-state index contributed by atoms with van der Waals surface area (Å²) in [7, 11) is 3.67. The molecule has 29 heavy (non-hydrogen) atoms. The molecule has 0 saturated heterocycles. The Hall–Kier alpha value is -3.67. The van der Waals surface area contributed by atoms with Gasteiger partial charge in [0.15, 0.2) is 5.82 Å². The average molecular weight is 386 g/mol. The number of para-hydroxylation sites is 1. The lowest BCUT2D eigenvalue weighted by molar-refractivity contribution is 0.325. The summed E-state index contributed by atoms with van der Waals surface area (Å²) in [5, 5.41) is 1.01. The molecule has 0 unspecified atom stereocenters. The summed E-state index contributed by atoms with van der Waals surface area (Å²) in [6.45, 7) is 1.22. The van der Waals surface area contributed by atoms with Crippen LogP contribution < -0.4 is 14.4 Å².